The fourth-order valence-electron chi connectivity index (χ4n) is 2.97. The zero-order valence-electron chi connectivity index (χ0n) is 12.9. The Kier molecular flexibility index (Phi) is 4.86. The second kappa shape index (κ2) is 7.23. The van der Waals surface area contributed by atoms with Gasteiger partial charge < -0.3 is 9.84 Å². The minimum absolute atomic E-state index is 0.0196. The fourth-order valence-corrected chi connectivity index (χ4v) is 2.97. The van der Waals surface area contributed by atoms with Crippen LogP contribution in [0.5, 0.6) is 0 Å². The Labute approximate surface area is 137 Å². The Balaban J connectivity index is 2.25. The van der Waals surface area contributed by atoms with E-state index < -0.39 is 5.60 Å². The summed E-state index contributed by atoms with van der Waals surface area (Å²) in [5, 5.41) is 9.35. The van der Waals surface area contributed by atoms with Gasteiger partial charge in [0.15, 0.2) is 0 Å². The maximum absolute atomic E-state index is 9.35. The van der Waals surface area contributed by atoms with Crippen molar-refractivity contribution in [1.82, 2.24) is 0 Å². The van der Waals surface area contributed by atoms with Crippen LogP contribution in [0.15, 0.2) is 91.0 Å². The molecule has 0 atom stereocenters. The predicted octanol–water partition coefficient (Wildman–Crippen LogP) is 3.99. The number of hydrogen-bond donors (Lipinski definition) is 1. The van der Waals surface area contributed by atoms with Crippen LogP contribution in [0.4, 0.5) is 0 Å². The molecule has 0 aromatic heterocycles. The summed E-state index contributed by atoms with van der Waals surface area (Å²) in [6.45, 7) is 0.243. The lowest BCUT2D eigenvalue weighted by molar-refractivity contribution is -0.00644. The van der Waals surface area contributed by atoms with E-state index in [9.17, 15) is 5.11 Å². The molecule has 1 N–H and O–H groups in total. The van der Waals surface area contributed by atoms with Crippen molar-refractivity contribution in [2.75, 3.05) is 13.2 Å². The van der Waals surface area contributed by atoms with E-state index in [0.717, 1.165) is 16.7 Å². The van der Waals surface area contributed by atoms with Gasteiger partial charge in [0.2, 0.25) is 0 Å². The third kappa shape index (κ3) is 3.04. The van der Waals surface area contributed by atoms with E-state index in [4.69, 9.17) is 4.74 Å². The Bertz CT molecular complexity index is 612. The quantitative estimate of drug-likeness (QED) is 0.698. The highest BCUT2D eigenvalue weighted by Crippen LogP contribution is 2.40. The van der Waals surface area contributed by atoms with Crippen molar-refractivity contribution >= 4 is 0 Å². The summed E-state index contributed by atoms with van der Waals surface area (Å²) in [4.78, 5) is 0. The number of hydrogen-bond acceptors (Lipinski definition) is 2. The average Bonchev–Trinajstić information content (AvgIpc) is 2.65. The summed E-state index contributed by atoms with van der Waals surface area (Å²) in [5.74, 6) is 0. The van der Waals surface area contributed by atoms with E-state index in [1.165, 1.54) is 0 Å². The highest BCUT2D eigenvalue weighted by molar-refractivity contribution is 5.47. The van der Waals surface area contributed by atoms with Gasteiger partial charge in [0.05, 0.1) is 13.2 Å². The largest absolute Gasteiger partial charge is 0.394 e. The SMILES string of the molecule is OCCOC(c1ccccc1)(c1ccccc1)c1ccccc1. The van der Waals surface area contributed by atoms with Crippen LogP contribution in [0.3, 0.4) is 0 Å². The van der Waals surface area contributed by atoms with Crippen LogP contribution in [0.25, 0.3) is 0 Å². The summed E-state index contributed by atoms with van der Waals surface area (Å²) in [6, 6.07) is 30.5. The first-order valence-corrected chi connectivity index (χ1v) is 7.79. The average molecular weight is 304 g/mol. The lowest BCUT2D eigenvalue weighted by Gasteiger charge is -2.35. The van der Waals surface area contributed by atoms with Crippen molar-refractivity contribution in [3.05, 3.63) is 108 Å². The molecule has 3 aromatic carbocycles. The molecule has 0 saturated heterocycles. The lowest BCUT2D eigenvalue weighted by Crippen LogP contribution is -2.33. The molecular weight excluding hydrogens is 284 g/mol. The van der Waals surface area contributed by atoms with E-state index in [2.05, 4.69) is 36.4 Å². The van der Waals surface area contributed by atoms with Gasteiger partial charge in [-0.15, -0.1) is 0 Å². The molecule has 2 heteroatoms. The number of ether oxygens (including phenoxy) is 1. The Hall–Kier alpha value is -2.42. The molecule has 0 bridgehead atoms. The van der Waals surface area contributed by atoms with Gasteiger partial charge in [-0.25, -0.2) is 0 Å². The van der Waals surface area contributed by atoms with E-state index in [-0.39, 0.29) is 13.2 Å². The lowest BCUT2D eigenvalue weighted by atomic mass is 9.80. The molecule has 0 amide bonds. The highest BCUT2D eigenvalue weighted by atomic mass is 16.5. The molecule has 116 valence electrons. The molecule has 0 unspecified atom stereocenters. The van der Waals surface area contributed by atoms with E-state index in [1.54, 1.807) is 0 Å². The van der Waals surface area contributed by atoms with Crippen molar-refractivity contribution in [2.24, 2.45) is 0 Å². The molecule has 0 spiro atoms. The third-order valence-corrected chi connectivity index (χ3v) is 3.95. The number of benzene rings is 3. The van der Waals surface area contributed by atoms with Gasteiger partial charge in [-0.2, -0.15) is 0 Å². The van der Waals surface area contributed by atoms with Crippen molar-refractivity contribution in [3.8, 4) is 0 Å². The molecule has 0 aliphatic heterocycles. The van der Waals surface area contributed by atoms with Crippen molar-refractivity contribution < 1.29 is 9.84 Å². The summed E-state index contributed by atoms with van der Waals surface area (Å²) >= 11 is 0. The van der Waals surface area contributed by atoms with Crippen LogP contribution >= 0.6 is 0 Å². The summed E-state index contributed by atoms with van der Waals surface area (Å²) in [6.07, 6.45) is 0. The predicted molar refractivity (Wildman–Crippen MR) is 92.2 cm³/mol. The highest BCUT2D eigenvalue weighted by Gasteiger charge is 2.37. The zero-order chi connectivity index (χ0) is 16.0. The number of aliphatic hydroxyl groups excluding tert-OH is 1. The molecule has 3 rings (SSSR count). The van der Waals surface area contributed by atoms with Gasteiger partial charge in [0.1, 0.15) is 5.60 Å². The fraction of sp³-hybridized carbons (Fsp3) is 0.143. The second-order valence-electron chi connectivity index (χ2n) is 5.35. The molecule has 2 nitrogen and oxygen atoms in total. The van der Waals surface area contributed by atoms with Gasteiger partial charge in [-0.1, -0.05) is 91.0 Å². The van der Waals surface area contributed by atoms with Crippen LogP contribution in [-0.2, 0) is 10.3 Å². The first-order valence-electron chi connectivity index (χ1n) is 7.79. The summed E-state index contributed by atoms with van der Waals surface area (Å²) in [5.41, 5.74) is 2.41. The van der Waals surface area contributed by atoms with Crippen molar-refractivity contribution in [2.45, 2.75) is 5.60 Å². The van der Waals surface area contributed by atoms with Gasteiger partial charge in [0.25, 0.3) is 0 Å². The molecule has 0 radical (unpaired) electrons. The summed E-state index contributed by atoms with van der Waals surface area (Å²) in [7, 11) is 0. The number of aliphatic hydroxyl groups is 1. The third-order valence-electron chi connectivity index (χ3n) is 3.95. The Morgan fingerprint density at radius 1 is 0.609 bits per heavy atom. The topological polar surface area (TPSA) is 29.5 Å². The normalized spacial score (nSPS) is 11.3. The van der Waals surface area contributed by atoms with Crippen LogP contribution in [0.2, 0.25) is 0 Å². The maximum atomic E-state index is 9.35. The van der Waals surface area contributed by atoms with Gasteiger partial charge >= 0.3 is 0 Å². The van der Waals surface area contributed by atoms with Gasteiger partial charge in [-0.3, -0.25) is 0 Å². The minimum atomic E-state index is -0.730. The first-order chi connectivity index (χ1) is 11.4. The van der Waals surface area contributed by atoms with Crippen molar-refractivity contribution in [1.29, 1.82) is 0 Å². The van der Waals surface area contributed by atoms with Crippen LogP contribution in [0, 0.1) is 0 Å². The van der Waals surface area contributed by atoms with Gasteiger partial charge in [0, 0.05) is 0 Å². The monoisotopic (exact) mass is 304 g/mol. The van der Waals surface area contributed by atoms with E-state index >= 15 is 0 Å². The van der Waals surface area contributed by atoms with Gasteiger partial charge in [-0.05, 0) is 16.7 Å². The molecule has 3 aromatic rings. The van der Waals surface area contributed by atoms with E-state index in [0.29, 0.717) is 0 Å². The molecule has 0 saturated carbocycles. The molecule has 0 aliphatic rings. The Morgan fingerprint density at radius 3 is 1.26 bits per heavy atom. The van der Waals surface area contributed by atoms with Crippen LogP contribution in [-0.4, -0.2) is 18.3 Å². The molecular formula is C21H20O2. The first kappa shape index (κ1) is 15.5. The molecule has 0 aliphatic carbocycles. The van der Waals surface area contributed by atoms with Crippen LogP contribution < -0.4 is 0 Å². The molecule has 0 heterocycles. The molecule has 23 heavy (non-hydrogen) atoms. The van der Waals surface area contributed by atoms with Crippen molar-refractivity contribution in [3.63, 3.8) is 0 Å². The number of rotatable bonds is 6. The maximum Gasteiger partial charge on any atom is 0.143 e. The minimum Gasteiger partial charge on any atom is -0.394 e. The van der Waals surface area contributed by atoms with Crippen LogP contribution in [0.1, 0.15) is 16.7 Å². The zero-order valence-corrected chi connectivity index (χ0v) is 12.9. The van der Waals surface area contributed by atoms with E-state index in [1.807, 2.05) is 54.6 Å². The second-order valence-corrected chi connectivity index (χ2v) is 5.35. The summed E-state index contributed by atoms with van der Waals surface area (Å²) < 4.78 is 6.29. The Morgan fingerprint density at radius 2 is 0.957 bits per heavy atom. The molecule has 0 fully saturated rings. The smallest absolute Gasteiger partial charge is 0.143 e. The standard InChI is InChI=1S/C21H20O2/c22-16-17-23-21(18-10-4-1-5-11-18,19-12-6-2-7-13-19)20-14-8-3-9-15-20/h1-15,22H,16-17H2.